The lowest BCUT2D eigenvalue weighted by molar-refractivity contribution is -0.141. The van der Waals surface area contributed by atoms with Crippen LogP contribution >= 0.6 is 0 Å². The number of amides is 3. The van der Waals surface area contributed by atoms with Crippen LogP contribution in [0.1, 0.15) is 46.6 Å². The third kappa shape index (κ3) is 8.75. The Kier molecular flexibility index (Phi) is 11.2. The van der Waals surface area contributed by atoms with Crippen molar-refractivity contribution in [2.75, 3.05) is 11.9 Å². The second-order valence-corrected chi connectivity index (χ2v) is 10.7. The summed E-state index contributed by atoms with van der Waals surface area (Å²) in [6.07, 6.45) is -1.01. The van der Waals surface area contributed by atoms with Crippen molar-refractivity contribution in [1.29, 1.82) is 0 Å². The van der Waals surface area contributed by atoms with Crippen LogP contribution in [0.15, 0.2) is 30.3 Å². The van der Waals surface area contributed by atoms with Gasteiger partial charge in [-0.3, -0.25) is 24.0 Å². The van der Waals surface area contributed by atoms with Crippen LogP contribution in [0.25, 0.3) is 0 Å². The highest BCUT2D eigenvalue weighted by molar-refractivity contribution is 6.40. The molecule has 3 amide bonds. The van der Waals surface area contributed by atoms with Gasteiger partial charge in [-0.05, 0) is 23.0 Å². The van der Waals surface area contributed by atoms with Crippen molar-refractivity contribution in [3.05, 3.63) is 59.2 Å². The van der Waals surface area contributed by atoms with Crippen molar-refractivity contribution in [1.82, 2.24) is 10.6 Å². The third-order valence-corrected chi connectivity index (χ3v) is 5.94. The van der Waals surface area contributed by atoms with E-state index in [1.54, 1.807) is 24.3 Å². The lowest BCUT2D eigenvalue weighted by atomic mass is 9.86. The third-order valence-electron chi connectivity index (χ3n) is 5.94. The summed E-state index contributed by atoms with van der Waals surface area (Å²) in [6, 6.07) is 3.44. The predicted molar refractivity (Wildman–Crippen MR) is 141 cm³/mol. The van der Waals surface area contributed by atoms with Gasteiger partial charge < -0.3 is 25.8 Å². The number of hydrogen-bond donors (Lipinski definition) is 4. The van der Waals surface area contributed by atoms with Gasteiger partial charge in [0.15, 0.2) is 23.2 Å². The monoisotopic (exact) mass is 597 g/mol. The number of Topliss-reactive ketones (excluding diaryl/α,β-unsaturated/α-hetero) is 1. The van der Waals surface area contributed by atoms with Crippen LogP contribution < -0.4 is 20.7 Å². The minimum Gasteiger partial charge on any atom is -0.481 e. The quantitative estimate of drug-likeness (QED) is 0.176. The zero-order valence-electron chi connectivity index (χ0n) is 23.4. The van der Waals surface area contributed by atoms with Crippen molar-refractivity contribution in [3.63, 3.8) is 0 Å². The molecule has 14 heteroatoms. The van der Waals surface area contributed by atoms with Crippen molar-refractivity contribution in [2.45, 2.75) is 58.5 Å². The lowest BCUT2D eigenvalue weighted by Gasteiger charge is -2.25. The van der Waals surface area contributed by atoms with Crippen LogP contribution in [-0.4, -0.2) is 53.3 Å². The first-order valence-electron chi connectivity index (χ1n) is 12.7. The van der Waals surface area contributed by atoms with Gasteiger partial charge in [-0.25, -0.2) is 8.78 Å². The van der Waals surface area contributed by atoms with Crippen LogP contribution in [0.3, 0.4) is 0 Å². The first-order chi connectivity index (χ1) is 19.4. The zero-order valence-corrected chi connectivity index (χ0v) is 23.4. The molecule has 0 aliphatic carbocycles. The summed E-state index contributed by atoms with van der Waals surface area (Å²) in [5.74, 6) is -15.8. The van der Waals surface area contributed by atoms with Crippen molar-refractivity contribution in [3.8, 4) is 5.75 Å². The summed E-state index contributed by atoms with van der Waals surface area (Å²) < 4.78 is 59.1. The standard InChI is InChI=1S/C28H31F4N3O7/c1-13(2)23(35-27(41)26(40)33-17-9-7-6-8-14(17)28(3,4)5)25(39)34-18(11-20(37)38)19(36)12-42-24-21(31)15(29)10-16(30)22(24)32/h6-10,13,18,23H,11-12H2,1-5H3,(H,33,40)(H,34,39)(H,35,41)(H,37,38). The Bertz CT molecular complexity index is 1350. The molecule has 0 bridgehead atoms. The Morgan fingerprint density at radius 3 is 2.00 bits per heavy atom. The minimum absolute atomic E-state index is 0.0727. The number of anilines is 1. The van der Waals surface area contributed by atoms with Gasteiger partial charge in [-0.1, -0.05) is 52.8 Å². The number of rotatable bonds is 11. The highest BCUT2D eigenvalue weighted by atomic mass is 19.2. The summed E-state index contributed by atoms with van der Waals surface area (Å²) in [6.45, 7) is 7.43. The van der Waals surface area contributed by atoms with Gasteiger partial charge in [0, 0.05) is 11.8 Å². The summed E-state index contributed by atoms with van der Waals surface area (Å²) in [7, 11) is 0. The summed E-state index contributed by atoms with van der Waals surface area (Å²) in [5, 5.41) is 16.0. The maximum atomic E-state index is 13.9. The van der Waals surface area contributed by atoms with E-state index in [4.69, 9.17) is 0 Å². The smallest absolute Gasteiger partial charge is 0.313 e. The molecule has 42 heavy (non-hydrogen) atoms. The molecule has 0 aliphatic heterocycles. The topological polar surface area (TPSA) is 151 Å². The van der Waals surface area contributed by atoms with Gasteiger partial charge in [0.25, 0.3) is 0 Å². The molecule has 0 aliphatic rings. The molecule has 2 rings (SSSR count). The molecule has 2 atom stereocenters. The van der Waals surface area contributed by atoms with Gasteiger partial charge in [0.2, 0.25) is 17.5 Å². The number of aliphatic carboxylic acids is 1. The fraction of sp³-hybridized carbons (Fsp3) is 0.393. The normalized spacial score (nSPS) is 12.7. The molecule has 228 valence electrons. The van der Waals surface area contributed by atoms with E-state index >= 15 is 0 Å². The second-order valence-electron chi connectivity index (χ2n) is 10.7. The maximum absolute atomic E-state index is 13.9. The zero-order chi connectivity index (χ0) is 31.9. The molecular formula is C28H31F4N3O7. The maximum Gasteiger partial charge on any atom is 0.313 e. The average Bonchev–Trinajstić information content (AvgIpc) is 2.89. The molecule has 0 aromatic heterocycles. The Morgan fingerprint density at radius 1 is 0.905 bits per heavy atom. The Hall–Kier alpha value is -4.49. The average molecular weight is 598 g/mol. The Labute approximate surface area is 238 Å². The van der Waals surface area contributed by atoms with E-state index < -0.39 is 89.5 Å². The first kappa shape index (κ1) is 33.7. The summed E-state index contributed by atoms with van der Waals surface area (Å²) in [5.41, 5.74) is 0.729. The van der Waals surface area contributed by atoms with Crippen LogP contribution in [0.4, 0.5) is 23.2 Å². The Morgan fingerprint density at radius 2 is 1.48 bits per heavy atom. The van der Waals surface area contributed by atoms with E-state index in [-0.39, 0.29) is 11.5 Å². The van der Waals surface area contributed by atoms with Crippen LogP contribution in [0.2, 0.25) is 0 Å². The largest absolute Gasteiger partial charge is 0.481 e. The molecule has 0 heterocycles. The molecule has 0 spiro atoms. The molecule has 0 fully saturated rings. The van der Waals surface area contributed by atoms with Crippen molar-refractivity contribution < 1.29 is 51.4 Å². The molecular weight excluding hydrogens is 566 g/mol. The lowest BCUT2D eigenvalue weighted by Crippen LogP contribution is -2.56. The highest BCUT2D eigenvalue weighted by Gasteiger charge is 2.32. The predicted octanol–water partition coefficient (Wildman–Crippen LogP) is 3.23. The number of benzene rings is 2. The van der Waals surface area contributed by atoms with Gasteiger partial charge in [0.1, 0.15) is 18.7 Å². The molecule has 2 aromatic rings. The number of halogens is 4. The van der Waals surface area contributed by atoms with Gasteiger partial charge >= 0.3 is 17.8 Å². The van der Waals surface area contributed by atoms with E-state index in [0.29, 0.717) is 5.69 Å². The molecule has 0 radical (unpaired) electrons. The van der Waals surface area contributed by atoms with Gasteiger partial charge in [-0.2, -0.15) is 8.78 Å². The number of carboxylic acids is 1. The van der Waals surface area contributed by atoms with Crippen LogP contribution in [0.5, 0.6) is 5.75 Å². The highest BCUT2D eigenvalue weighted by Crippen LogP contribution is 2.29. The number of nitrogens with one attached hydrogen (secondary N) is 3. The fourth-order valence-electron chi connectivity index (χ4n) is 3.77. The number of carbonyl (C=O) groups excluding carboxylic acids is 4. The molecule has 4 N–H and O–H groups in total. The number of hydrogen-bond acceptors (Lipinski definition) is 6. The molecule has 0 saturated heterocycles. The summed E-state index contributed by atoms with van der Waals surface area (Å²) in [4.78, 5) is 62.3. The van der Waals surface area contributed by atoms with Crippen LogP contribution in [-0.2, 0) is 29.4 Å². The van der Waals surface area contributed by atoms with E-state index in [9.17, 15) is 46.6 Å². The minimum atomic E-state index is -1.92. The van der Waals surface area contributed by atoms with Crippen LogP contribution in [0, 0.1) is 29.2 Å². The molecule has 0 saturated carbocycles. The van der Waals surface area contributed by atoms with E-state index in [1.807, 2.05) is 20.8 Å². The van der Waals surface area contributed by atoms with E-state index in [1.165, 1.54) is 13.8 Å². The summed E-state index contributed by atoms with van der Waals surface area (Å²) >= 11 is 0. The molecule has 2 aromatic carbocycles. The SMILES string of the molecule is CC(C)C(NC(=O)C(=O)Nc1ccccc1C(C)(C)C)C(=O)NC(CC(=O)O)C(=O)COc1c(F)c(F)cc(F)c1F. The number of ether oxygens (including phenoxy) is 1. The second kappa shape index (κ2) is 13.9. The number of para-hydroxylation sites is 1. The number of carbonyl (C=O) groups is 5. The van der Waals surface area contributed by atoms with Gasteiger partial charge in [0.05, 0.1) is 6.42 Å². The van der Waals surface area contributed by atoms with Crippen molar-refractivity contribution in [2.24, 2.45) is 5.92 Å². The van der Waals surface area contributed by atoms with Gasteiger partial charge in [-0.15, -0.1) is 0 Å². The first-order valence-corrected chi connectivity index (χ1v) is 12.7. The molecule has 2 unspecified atom stereocenters. The Balaban J connectivity index is 2.16. The van der Waals surface area contributed by atoms with Crippen molar-refractivity contribution >= 4 is 35.2 Å². The number of ketones is 1. The van der Waals surface area contributed by atoms with E-state index in [2.05, 4.69) is 20.7 Å². The number of carboxylic acid groups (broad SMARTS) is 1. The fourth-order valence-corrected chi connectivity index (χ4v) is 3.77. The molecule has 10 nitrogen and oxygen atoms in total. The van der Waals surface area contributed by atoms with E-state index in [0.717, 1.165) is 5.56 Å².